The fourth-order valence-electron chi connectivity index (χ4n) is 4.89. The van der Waals surface area contributed by atoms with E-state index in [2.05, 4.69) is 49.4 Å². The summed E-state index contributed by atoms with van der Waals surface area (Å²) in [7, 11) is 0. The summed E-state index contributed by atoms with van der Waals surface area (Å²) >= 11 is 0. The summed E-state index contributed by atoms with van der Waals surface area (Å²) < 4.78 is 25.7. The van der Waals surface area contributed by atoms with E-state index in [0.29, 0.717) is 0 Å². The van der Waals surface area contributed by atoms with Crippen LogP contribution in [-0.2, 0) is 0 Å². The summed E-state index contributed by atoms with van der Waals surface area (Å²) in [5, 5.41) is 6.75. The van der Waals surface area contributed by atoms with Gasteiger partial charge in [0.25, 0.3) is 0 Å². The van der Waals surface area contributed by atoms with Crippen molar-refractivity contribution in [3.63, 3.8) is 0 Å². The zero-order chi connectivity index (χ0) is 21.4. The molecule has 3 heteroatoms. The molecule has 0 saturated heterocycles. The molecular weight excluding hydrogens is 399 g/mol. The zero-order valence-corrected chi connectivity index (χ0v) is 17.3. The summed E-state index contributed by atoms with van der Waals surface area (Å²) in [6.45, 7) is 2.10. The summed E-state index contributed by atoms with van der Waals surface area (Å²) in [5.74, 6) is -0.238. The smallest absolute Gasteiger partial charge is 0.136 e. The fourth-order valence-corrected chi connectivity index (χ4v) is 4.89. The van der Waals surface area contributed by atoms with Crippen LogP contribution < -0.4 is 0 Å². The van der Waals surface area contributed by atoms with Gasteiger partial charge in [-0.15, -0.1) is 0 Å². The van der Waals surface area contributed by atoms with E-state index in [9.17, 15) is 4.39 Å². The van der Waals surface area contributed by atoms with Crippen LogP contribution in [-0.4, -0.2) is 0 Å². The van der Waals surface area contributed by atoms with Crippen molar-refractivity contribution in [3.8, 4) is 11.1 Å². The predicted octanol–water partition coefficient (Wildman–Crippen LogP) is 8.75. The Hall–Kier alpha value is -4.11. The third-order valence-corrected chi connectivity index (χ3v) is 6.40. The zero-order valence-electron chi connectivity index (χ0n) is 17.3. The van der Waals surface area contributed by atoms with Crippen LogP contribution in [0.1, 0.15) is 5.56 Å². The number of benzene rings is 5. The Kier molecular flexibility index (Phi) is 3.41. The minimum atomic E-state index is -0.238. The normalized spacial score (nSPS) is 12.1. The van der Waals surface area contributed by atoms with Gasteiger partial charge in [-0.25, -0.2) is 4.39 Å². The number of hydrogen-bond acceptors (Lipinski definition) is 2. The van der Waals surface area contributed by atoms with Crippen LogP contribution in [0.3, 0.4) is 0 Å². The van der Waals surface area contributed by atoms with Crippen molar-refractivity contribution in [1.82, 2.24) is 0 Å². The van der Waals surface area contributed by atoms with Crippen LogP contribution >= 0.6 is 0 Å². The van der Waals surface area contributed by atoms with Gasteiger partial charge >= 0.3 is 0 Å². The topological polar surface area (TPSA) is 26.3 Å². The van der Waals surface area contributed by atoms with Crippen molar-refractivity contribution in [3.05, 3.63) is 96.3 Å². The molecule has 7 aromatic rings. The predicted molar refractivity (Wildman–Crippen MR) is 129 cm³/mol. The van der Waals surface area contributed by atoms with Crippen molar-refractivity contribution >= 4 is 54.6 Å². The van der Waals surface area contributed by atoms with E-state index >= 15 is 0 Å². The number of halogens is 1. The molecule has 0 radical (unpaired) electrons. The molecule has 0 fully saturated rings. The van der Waals surface area contributed by atoms with Gasteiger partial charge in [0.2, 0.25) is 0 Å². The molecule has 0 aliphatic carbocycles. The van der Waals surface area contributed by atoms with Crippen LogP contribution in [0.5, 0.6) is 0 Å². The molecule has 0 atom stereocenters. The highest BCUT2D eigenvalue weighted by Gasteiger charge is 2.16. The number of fused-ring (bicyclic) bond motifs is 9. The van der Waals surface area contributed by atoms with Gasteiger partial charge in [-0.3, -0.25) is 0 Å². The first-order chi connectivity index (χ1) is 15.7. The van der Waals surface area contributed by atoms with Crippen molar-refractivity contribution in [1.29, 1.82) is 0 Å². The van der Waals surface area contributed by atoms with Gasteiger partial charge in [-0.2, -0.15) is 0 Å². The van der Waals surface area contributed by atoms with Gasteiger partial charge in [0, 0.05) is 21.5 Å². The second kappa shape index (κ2) is 6.21. The van der Waals surface area contributed by atoms with Gasteiger partial charge in [0.15, 0.2) is 0 Å². The molecule has 0 spiro atoms. The van der Waals surface area contributed by atoms with Gasteiger partial charge in [0.05, 0.1) is 0 Å². The SMILES string of the molecule is Cc1ccc2oc3ccc4c(ccc5oc6cc(-c7ccc(F)cc7)ccc6c54)c3c2c1. The van der Waals surface area contributed by atoms with E-state index in [4.69, 9.17) is 8.83 Å². The van der Waals surface area contributed by atoms with Gasteiger partial charge in [-0.05, 0) is 89.5 Å². The third-order valence-electron chi connectivity index (χ3n) is 6.40. The number of rotatable bonds is 1. The minimum absolute atomic E-state index is 0.238. The Morgan fingerprint density at radius 1 is 0.500 bits per heavy atom. The van der Waals surface area contributed by atoms with E-state index < -0.39 is 0 Å². The van der Waals surface area contributed by atoms with Crippen LogP contribution in [0.2, 0.25) is 0 Å². The summed E-state index contributed by atoms with van der Waals surface area (Å²) in [6.07, 6.45) is 0. The van der Waals surface area contributed by atoms with E-state index in [-0.39, 0.29) is 5.82 Å². The van der Waals surface area contributed by atoms with E-state index in [1.165, 1.54) is 17.7 Å². The van der Waals surface area contributed by atoms with Crippen molar-refractivity contribution < 1.29 is 13.2 Å². The fraction of sp³-hybridized carbons (Fsp3) is 0.0345. The van der Waals surface area contributed by atoms with Crippen LogP contribution in [0.4, 0.5) is 4.39 Å². The number of aryl methyl sites for hydroxylation is 1. The molecule has 32 heavy (non-hydrogen) atoms. The van der Waals surface area contributed by atoms with E-state index in [1.54, 1.807) is 12.1 Å². The molecule has 7 rings (SSSR count). The average molecular weight is 416 g/mol. The van der Waals surface area contributed by atoms with Gasteiger partial charge < -0.3 is 8.83 Å². The molecule has 0 aliphatic heterocycles. The first kappa shape index (κ1) is 17.6. The maximum absolute atomic E-state index is 13.3. The Morgan fingerprint density at radius 2 is 1.09 bits per heavy atom. The summed E-state index contributed by atoms with van der Waals surface area (Å²) in [4.78, 5) is 0. The number of hydrogen-bond donors (Lipinski definition) is 0. The third kappa shape index (κ3) is 2.39. The molecule has 0 amide bonds. The molecular formula is C29H17FO2. The highest BCUT2D eigenvalue weighted by atomic mass is 19.1. The highest BCUT2D eigenvalue weighted by molar-refractivity contribution is 6.27. The Bertz CT molecular complexity index is 1840. The Balaban J connectivity index is 1.54. The molecule has 2 nitrogen and oxygen atoms in total. The van der Waals surface area contributed by atoms with Gasteiger partial charge in [-0.1, -0.05) is 29.8 Å². The Morgan fingerprint density at radius 3 is 1.84 bits per heavy atom. The quantitative estimate of drug-likeness (QED) is 0.267. The van der Waals surface area contributed by atoms with Gasteiger partial charge in [0.1, 0.15) is 28.1 Å². The molecule has 0 aliphatic rings. The molecule has 2 aromatic heterocycles. The highest BCUT2D eigenvalue weighted by Crippen LogP contribution is 2.41. The van der Waals surface area contributed by atoms with Crippen molar-refractivity contribution in [2.45, 2.75) is 6.92 Å². The second-order valence-corrected chi connectivity index (χ2v) is 8.39. The molecule has 5 aromatic carbocycles. The maximum atomic E-state index is 13.3. The maximum Gasteiger partial charge on any atom is 0.136 e. The van der Waals surface area contributed by atoms with Crippen molar-refractivity contribution in [2.75, 3.05) is 0 Å². The summed E-state index contributed by atoms with van der Waals surface area (Å²) in [5.41, 5.74) is 6.64. The van der Waals surface area contributed by atoms with Crippen LogP contribution in [0.15, 0.2) is 93.8 Å². The lowest BCUT2D eigenvalue weighted by molar-refractivity contribution is 0.628. The standard InChI is InChI=1S/C29H17FO2/c1-16-2-11-24-23(14-16)29-21-10-12-25-28(20(21)9-13-26(29)31-24)22-8-5-18(15-27(22)32-25)17-3-6-19(30)7-4-17/h2-15H,1H3. The molecule has 152 valence electrons. The van der Waals surface area contributed by atoms with Crippen molar-refractivity contribution in [2.24, 2.45) is 0 Å². The molecule has 0 unspecified atom stereocenters. The van der Waals surface area contributed by atoms with Crippen LogP contribution in [0.25, 0.3) is 65.8 Å². The van der Waals surface area contributed by atoms with E-state index in [0.717, 1.165) is 65.8 Å². The largest absolute Gasteiger partial charge is 0.456 e. The van der Waals surface area contributed by atoms with Crippen LogP contribution in [0, 0.1) is 12.7 Å². The minimum Gasteiger partial charge on any atom is -0.456 e. The lowest BCUT2D eigenvalue weighted by Crippen LogP contribution is -1.79. The monoisotopic (exact) mass is 416 g/mol. The summed E-state index contributed by atoms with van der Waals surface area (Å²) in [6, 6.07) is 27.4. The lowest BCUT2D eigenvalue weighted by Gasteiger charge is -2.03. The molecule has 0 saturated carbocycles. The number of furan rings is 2. The molecule has 0 N–H and O–H groups in total. The van der Waals surface area contributed by atoms with E-state index in [1.807, 2.05) is 18.2 Å². The molecule has 2 heterocycles. The lowest BCUT2D eigenvalue weighted by atomic mass is 9.98. The Labute approximate surface area is 182 Å². The first-order valence-corrected chi connectivity index (χ1v) is 10.6. The average Bonchev–Trinajstić information content (AvgIpc) is 3.36. The molecule has 0 bridgehead atoms. The second-order valence-electron chi connectivity index (χ2n) is 8.39. The first-order valence-electron chi connectivity index (χ1n) is 10.6.